The molecule has 1 aromatic rings. The van der Waals surface area contributed by atoms with Crippen molar-refractivity contribution in [1.29, 1.82) is 0 Å². The molecule has 1 aromatic carbocycles. The highest BCUT2D eigenvalue weighted by Gasteiger charge is 2.23. The van der Waals surface area contributed by atoms with Crippen LogP contribution in [-0.4, -0.2) is 50.6 Å². The number of likely N-dealkylation sites (N-methyl/N-ethyl adjacent to an activating group) is 1. The van der Waals surface area contributed by atoms with Crippen LogP contribution in [0.2, 0.25) is 0 Å². The number of methoxy groups -OCH3 is 1. The average molecular weight is 291 g/mol. The van der Waals surface area contributed by atoms with Gasteiger partial charge in [-0.05, 0) is 38.6 Å². The molecule has 116 valence electrons. The number of carbonyl (C=O) groups is 1. The molecule has 21 heavy (non-hydrogen) atoms. The molecule has 1 amide bonds. The van der Waals surface area contributed by atoms with Crippen molar-refractivity contribution in [3.05, 3.63) is 24.3 Å². The van der Waals surface area contributed by atoms with Crippen LogP contribution in [0, 0.1) is 0 Å². The number of nitrogens with zero attached hydrogens (tertiary/aromatic N) is 1. The van der Waals surface area contributed by atoms with E-state index in [1.165, 1.54) is 12.8 Å². The first-order valence-corrected chi connectivity index (χ1v) is 7.56. The fraction of sp³-hybridized carbons (Fsp3) is 0.562. The number of amides is 1. The Bertz CT molecular complexity index is 465. The van der Waals surface area contributed by atoms with Crippen LogP contribution in [0.5, 0.6) is 5.75 Å². The van der Waals surface area contributed by atoms with Crippen molar-refractivity contribution in [2.75, 3.05) is 39.1 Å². The zero-order valence-corrected chi connectivity index (χ0v) is 12.9. The summed E-state index contributed by atoms with van der Waals surface area (Å²) in [6, 6.07) is 8.05. The van der Waals surface area contributed by atoms with E-state index < -0.39 is 0 Å². The van der Waals surface area contributed by atoms with Crippen LogP contribution in [0.1, 0.15) is 19.3 Å². The molecule has 1 aliphatic rings. The molecule has 1 unspecified atom stereocenters. The summed E-state index contributed by atoms with van der Waals surface area (Å²) in [6.07, 6.45) is 2.95. The van der Waals surface area contributed by atoms with Crippen molar-refractivity contribution in [2.45, 2.75) is 25.3 Å². The van der Waals surface area contributed by atoms with Gasteiger partial charge in [-0.1, -0.05) is 12.1 Å². The maximum Gasteiger partial charge on any atom is 0.225 e. The third-order valence-electron chi connectivity index (χ3n) is 3.95. The Morgan fingerprint density at radius 1 is 1.43 bits per heavy atom. The number of nitrogens with one attached hydrogen (secondary N) is 2. The lowest BCUT2D eigenvalue weighted by atomic mass is 10.2. The molecule has 1 fully saturated rings. The lowest BCUT2D eigenvalue weighted by Gasteiger charge is -2.23. The summed E-state index contributed by atoms with van der Waals surface area (Å²) < 4.78 is 5.24. The van der Waals surface area contributed by atoms with Crippen molar-refractivity contribution in [3.8, 4) is 5.75 Å². The summed E-state index contributed by atoms with van der Waals surface area (Å²) in [7, 11) is 3.59. The number of anilines is 1. The molecule has 5 nitrogen and oxygen atoms in total. The topological polar surface area (TPSA) is 53.6 Å². The lowest BCUT2D eigenvalue weighted by Crippen LogP contribution is -2.38. The van der Waals surface area contributed by atoms with E-state index >= 15 is 0 Å². The van der Waals surface area contributed by atoms with Gasteiger partial charge >= 0.3 is 0 Å². The standard InChI is InChI=1S/C16H25N3O2/c1-17-12-13-6-5-10-19(13)11-9-16(20)18-14-7-3-4-8-15(14)21-2/h3-4,7-8,13,17H,5-6,9-12H2,1-2H3,(H,18,20). The Hall–Kier alpha value is -1.59. The van der Waals surface area contributed by atoms with Gasteiger partial charge in [-0.2, -0.15) is 0 Å². The van der Waals surface area contributed by atoms with Gasteiger partial charge in [0.15, 0.2) is 0 Å². The SMILES string of the molecule is CNCC1CCCN1CCC(=O)Nc1ccccc1OC. The van der Waals surface area contributed by atoms with Gasteiger partial charge in [0.2, 0.25) is 5.91 Å². The van der Waals surface area contributed by atoms with Crippen molar-refractivity contribution < 1.29 is 9.53 Å². The monoisotopic (exact) mass is 291 g/mol. The molecule has 0 saturated carbocycles. The number of para-hydroxylation sites is 2. The van der Waals surface area contributed by atoms with E-state index in [-0.39, 0.29) is 5.91 Å². The maximum atomic E-state index is 12.1. The van der Waals surface area contributed by atoms with Crippen LogP contribution in [0.25, 0.3) is 0 Å². The predicted molar refractivity (Wildman–Crippen MR) is 84.8 cm³/mol. The molecule has 0 radical (unpaired) electrons. The number of hydrogen-bond donors (Lipinski definition) is 2. The molecule has 2 N–H and O–H groups in total. The van der Waals surface area contributed by atoms with E-state index in [1.54, 1.807) is 7.11 Å². The molecule has 0 bridgehead atoms. The van der Waals surface area contributed by atoms with Crippen LogP contribution in [-0.2, 0) is 4.79 Å². The minimum atomic E-state index is 0.0367. The van der Waals surface area contributed by atoms with Gasteiger partial charge in [0, 0.05) is 25.6 Å². The molecule has 1 atom stereocenters. The van der Waals surface area contributed by atoms with Crippen LogP contribution >= 0.6 is 0 Å². The summed E-state index contributed by atoms with van der Waals surface area (Å²) >= 11 is 0. The molecular formula is C16H25N3O2. The van der Waals surface area contributed by atoms with E-state index in [9.17, 15) is 4.79 Å². The molecule has 2 rings (SSSR count). The number of carbonyl (C=O) groups excluding carboxylic acids is 1. The maximum absolute atomic E-state index is 12.1. The van der Waals surface area contributed by atoms with Gasteiger partial charge in [0.1, 0.15) is 5.75 Å². The summed E-state index contributed by atoms with van der Waals surface area (Å²) in [4.78, 5) is 14.5. The lowest BCUT2D eigenvalue weighted by molar-refractivity contribution is -0.116. The van der Waals surface area contributed by atoms with Crippen LogP contribution in [0.3, 0.4) is 0 Å². The van der Waals surface area contributed by atoms with Crippen LogP contribution < -0.4 is 15.4 Å². The van der Waals surface area contributed by atoms with E-state index in [2.05, 4.69) is 15.5 Å². The third kappa shape index (κ3) is 4.44. The molecule has 1 heterocycles. The summed E-state index contributed by atoms with van der Waals surface area (Å²) in [5.74, 6) is 0.731. The smallest absolute Gasteiger partial charge is 0.225 e. The Labute approximate surface area is 126 Å². The van der Waals surface area contributed by atoms with E-state index in [0.29, 0.717) is 18.2 Å². The summed E-state index contributed by atoms with van der Waals surface area (Å²) in [5.41, 5.74) is 0.734. The van der Waals surface area contributed by atoms with E-state index in [4.69, 9.17) is 4.74 Å². The minimum Gasteiger partial charge on any atom is -0.495 e. The fourth-order valence-corrected chi connectivity index (χ4v) is 2.86. The van der Waals surface area contributed by atoms with Crippen molar-refractivity contribution >= 4 is 11.6 Å². The van der Waals surface area contributed by atoms with Gasteiger partial charge in [0.05, 0.1) is 12.8 Å². The number of benzene rings is 1. The van der Waals surface area contributed by atoms with Crippen molar-refractivity contribution in [2.24, 2.45) is 0 Å². The highest BCUT2D eigenvalue weighted by atomic mass is 16.5. The zero-order valence-electron chi connectivity index (χ0n) is 12.9. The largest absolute Gasteiger partial charge is 0.495 e. The first-order valence-electron chi connectivity index (χ1n) is 7.56. The number of rotatable bonds is 7. The van der Waals surface area contributed by atoms with Gasteiger partial charge in [-0.15, -0.1) is 0 Å². The van der Waals surface area contributed by atoms with Gasteiger partial charge in [-0.3, -0.25) is 9.69 Å². The fourth-order valence-electron chi connectivity index (χ4n) is 2.86. The highest BCUT2D eigenvalue weighted by Crippen LogP contribution is 2.23. The number of likely N-dealkylation sites (tertiary alicyclic amines) is 1. The van der Waals surface area contributed by atoms with Crippen molar-refractivity contribution in [1.82, 2.24) is 10.2 Å². The van der Waals surface area contributed by atoms with E-state index in [1.807, 2.05) is 31.3 Å². The quantitative estimate of drug-likeness (QED) is 0.803. The van der Waals surface area contributed by atoms with Crippen LogP contribution in [0.15, 0.2) is 24.3 Å². The average Bonchev–Trinajstić information content (AvgIpc) is 2.93. The second kappa shape index (κ2) is 8.00. The molecule has 0 aliphatic carbocycles. The third-order valence-corrected chi connectivity index (χ3v) is 3.95. The first kappa shape index (κ1) is 15.8. The van der Waals surface area contributed by atoms with Gasteiger partial charge in [-0.25, -0.2) is 0 Å². The molecule has 1 aliphatic heterocycles. The number of hydrogen-bond acceptors (Lipinski definition) is 4. The predicted octanol–water partition coefficient (Wildman–Crippen LogP) is 1.71. The highest BCUT2D eigenvalue weighted by molar-refractivity contribution is 5.92. The second-order valence-corrected chi connectivity index (χ2v) is 5.39. The van der Waals surface area contributed by atoms with Gasteiger partial charge < -0.3 is 15.4 Å². The minimum absolute atomic E-state index is 0.0367. The first-order chi connectivity index (χ1) is 10.2. The summed E-state index contributed by atoms with van der Waals surface area (Å²) in [6.45, 7) is 2.90. The summed E-state index contributed by atoms with van der Waals surface area (Å²) in [5, 5.41) is 6.15. The van der Waals surface area contributed by atoms with Crippen molar-refractivity contribution in [3.63, 3.8) is 0 Å². The van der Waals surface area contributed by atoms with Gasteiger partial charge in [0.25, 0.3) is 0 Å². The molecule has 0 aromatic heterocycles. The van der Waals surface area contributed by atoms with Crippen LogP contribution in [0.4, 0.5) is 5.69 Å². The Morgan fingerprint density at radius 3 is 3.00 bits per heavy atom. The Morgan fingerprint density at radius 2 is 2.24 bits per heavy atom. The normalized spacial score (nSPS) is 18.7. The number of ether oxygens (including phenoxy) is 1. The molecular weight excluding hydrogens is 266 g/mol. The molecule has 5 heteroatoms. The zero-order chi connectivity index (χ0) is 15.1. The molecule has 0 spiro atoms. The molecule has 1 saturated heterocycles. The Balaban J connectivity index is 1.82. The Kier molecular flexibility index (Phi) is 6.02. The second-order valence-electron chi connectivity index (χ2n) is 5.39. The van der Waals surface area contributed by atoms with E-state index in [0.717, 1.165) is 25.3 Å².